The molecule has 0 saturated heterocycles. The van der Waals surface area contributed by atoms with Crippen molar-refractivity contribution < 1.29 is 15.0 Å². The molecule has 0 unspecified atom stereocenters. The third-order valence-corrected chi connectivity index (χ3v) is 3.82. The molecular weight excluding hydrogens is 236 g/mol. The molecule has 0 amide bonds. The zero-order valence-electron chi connectivity index (χ0n) is 7.79. The van der Waals surface area contributed by atoms with Crippen LogP contribution in [-0.4, -0.2) is 21.9 Å². The Hall–Kier alpha value is -0.870. The van der Waals surface area contributed by atoms with E-state index in [0.717, 1.165) is 17.1 Å². The molecule has 5 heteroatoms. The van der Waals surface area contributed by atoms with Crippen LogP contribution in [0, 0.1) is 0 Å². The van der Waals surface area contributed by atoms with Crippen molar-refractivity contribution in [2.24, 2.45) is 0 Å². The number of benzene rings is 1. The van der Waals surface area contributed by atoms with Crippen molar-refractivity contribution in [3.05, 3.63) is 22.2 Å². The number of carboxylic acid groups (broad SMARTS) is 1. The van der Waals surface area contributed by atoms with Crippen LogP contribution < -0.4 is 0 Å². The number of aromatic carboxylic acids is 1. The van der Waals surface area contributed by atoms with Gasteiger partial charge < -0.3 is 10.2 Å². The monoisotopic (exact) mass is 244 g/mol. The van der Waals surface area contributed by atoms with Gasteiger partial charge in [-0.25, -0.2) is 4.79 Å². The van der Waals surface area contributed by atoms with Crippen LogP contribution >= 0.6 is 23.4 Å². The van der Waals surface area contributed by atoms with Gasteiger partial charge in [0.2, 0.25) is 0 Å². The Kier molecular flexibility index (Phi) is 2.80. The second-order valence-electron chi connectivity index (χ2n) is 3.32. The second-order valence-corrected chi connectivity index (χ2v) is 4.86. The molecule has 2 rings (SSSR count). The third kappa shape index (κ3) is 1.79. The summed E-state index contributed by atoms with van der Waals surface area (Å²) in [7, 11) is 0. The molecule has 3 nitrogen and oxygen atoms in total. The van der Waals surface area contributed by atoms with E-state index < -0.39 is 5.97 Å². The standard InChI is InChI=1S/C10H9ClO3S/c11-6-4-7-5(2-1-3-15-7)8(9(6)12)10(13)14/h4,12H,1-3H2,(H,13,14). The summed E-state index contributed by atoms with van der Waals surface area (Å²) >= 11 is 7.35. The van der Waals surface area contributed by atoms with Gasteiger partial charge in [-0.2, -0.15) is 0 Å². The highest BCUT2D eigenvalue weighted by molar-refractivity contribution is 7.99. The quantitative estimate of drug-likeness (QED) is 0.798. The lowest BCUT2D eigenvalue weighted by Gasteiger charge is -2.18. The van der Waals surface area contributed by atoms with Crippen molar-refractivity contribution in [2.45, 2.75) is 17.7 Å². The summed E-state index contributed by atoms with van der Waals surface area (Å²) in [4.78, 5) is 11.9. The summed E-state index contributed by atoms with van der Waals surface area (Å²) in [6.07, 6.45) is 1.62. The first-order valence-electron chi connectivity index (χ1n) is 4.51. The van der Waals surface area contributed by atoms with Crippen molar-refractivity contribution in [2.75, 3.05) is 5.75 Å². The molecule has 1 aliphatic heterocycles. The summed E-state index contributed by atoms with van der Waals surface area (Å²) in [5.41, 5.74) is 0.672. The van der Waals surface area contributed by atoms with Crippen LogP contribution in [0.15, 0.2) is 11.0 Å². The molecule has 0 aromatic heterocycles. The first kappa shape index (κ1) is 10.6. The summed E-state index contributed by atoms with van der Waals surface area (Å²) in [5.74, 6) is -0.466. The van der Waals surface area contributed by atoms with Crippen molar-refractivity contribution in [1.29, 1.82) is 0 Å². The molecule has 1 aromatic carbocycles. The van der Waals surface area contributed by atoms with Gasteiger partial charge in [0.15, 0.2) is 0 Å². The summed E-state index contributed by atoms with van der Waals surface area (Å²) in [6.45, 7) is 0. The largest absolute Gasteiger partial charge is 0.505 e. The molecule has 0 spiro atoms. The topological polar surface area (TPSA) is 57.5 Å². The third-order valence-electron chi connectivity index (χ3n) is 2.36. The molecule has 1 heterocycles. The molecule has 0 saturated carbocycles. The van der Waals surface area contributed by atoms with Crippen molar-refractivity contribution in [3.63, 3.8) is 0 Å². The Morgan fingerprint density at radius 3 is 2.93 bits per heavy atom. The van der Waals surface area contributed by atoms with Crippen LogP contribution in [-0.2, 0) is 6.42 Å². The fourth-order valence-corrected chi connectivity index (χ4v) is 3.05. The lowest BCUT2D eigenvalue weighted by molar-refractivity contribution is 0.0692. The molecular formula is C10H9ClO3S. The SMILES string of the molecule is O=C(O)c1c(O)c(Cl)cc2c1CCCS2. The zero-order valence-corrected chi connectivity index (χ0v) is 9.36. The molecule has 0 fully saturated rings. The lowest BCUT2D eigenvalue weighted by atomic mass is 10.0. The number of aromatic hydroxyl groups is 1. The van der Waals surface area contributed by atoms with Crippen LogP contribution in [0.5, 0.6) is 5.75 Å². The predicted octanol–water partition coefficient (Wildman–Crippen LogP) is 2.78. The Labute approximate surface area is 96.1 Å². The first-order chi connectivity index (χ1) is 7.11. The van der Waals surface area contributed by atoms with Gasteiger partial charge in [0.25, 0.3) is 0 Å². The fraction of sp³-hybridized carbons (Fsp3) is 0.300. The van der Waals surface area contributed by atoms with E-state index in [-0.39, 0.29) is 16.3 Å². The van der Waals surface area contributed by atoms with Gasteiger partial charge in [0, 0.05) is 4.90 Å². The number of thioether (sulfide) groups is 1. The molecule has 1 aromatic rings. The van der Waals surface area contributed by atoms with Crippen molar-refractivity contribution >= 4 is 29.3 Å². The smallest absolute Gasteiger partial charge is 0.339 e. The summed E-state index contributed by atoms with van der Waals surface area (Å²) in [6, 6.07) is 1.64. The van der Waals surface area contributed by atoms with Gasteiger partial charge in [0.05, 0.1) is 5.02 Å². The molecule has 80 valence electrons. The molecule has 1 aliphatic rings. The maximum absolute atomic E-state index is 11.0. The molecule has 0 aliphatic carbocycles. The van der Waals surface area contributed by atoms with E-state index in [1.165, 1.54) is 0 Å². The van der Waals surface area contributed by atoms with Gasteiger partial charge in [-0.05, 0) is 30.2 Å². The first-order valence-corrected chi connectivity index (χ1v) is 5.88. The zero-order chi connectivity index (χ0) is 11.0. The van der Waals surface area contributed by atoms with Gasteiger partial charge in [-0.1, -0.05) is 11.6 Å². The number of rotatable bonds is 1. The van der Waals surface area contributed by atoms with Crippen LogP contribution in [0.4, 0.5) is 0 Å². The maximum atomic E-state index is 11.0. The van der Waals surface area contributed by atoms with Gasteiger partial charge in [-0.15, -0.1) is 11.8 Å². The van der Waals surface area contributed by atoms with Crippen molar-refractivity contribution in [1.82, 2.24) is 0 Å². The average Bonchev–Trinajstić information content (AvgIpc) is 2.19. The number of carboxylic acids is 1. The number of carbonyl (C=O) groups is 1. The normalized spacial score (nSPS) is 14.7. The Morgan fingerprint density at radius 1 is 1.53 bits per heavy atom. The molecule has 0 radical (unpaired) electrons. The van der Waals surface area contributed by atoms with E-state index in [2.05, 4.69) is 0 Å². The summed E-state index contributed by atoms with van der Waals surface area (Å²) < 4.78 is 0. The maximum Gasteiger partial charge on any atom is 0.339 e. The van der Waals surface area contributed by atoms with E-state index in [1.807, 2.05) is 0 Å². The minimum Gasteiger partial charge on any atom is -0.505 e. The Bertz CT molecular complexity index is 431. The minimum atomic E-state index is -1.12. The highest BCUT2D eigenvalue weighted by Crippen LogP contribution is 2.40. The minimum absolute atomic E-state index is 0.0373. The molecule has 2 N–H and O–H groups in total. The molecule has 0 bridgehead atoms. The van der Waals surface area contributed by atoms with Gasteiger partial charge >= 0.3 is 5.97 Å². The van der Waals surface area contributed by atoms with E-state index in [9.17, 15) is 9.90 Å². The second kappa shape index (κ2) is 3.94. The number of fused-ring (bicyclic) bond motifs is 1. The van der Waals surface area contributed by atoms with Crippen LogP contribution in [0.3, 0.4) is 0 Å². The van der Waals surface area contributed by atoms with E-state index >= 15 is 0 Å². The van der Waals surface area contributed by atoms with E-state index in [1.54, 1.807) is 17.8 Å². The number of hydrogen-bond donors (Lipinski definition) is 2. The Balaban J connectivity index is 2.68. The highest BCUT2D eigenvalue weighted by Gasteiger charge is 2.23. The number of hydrogen-bond acceptors (Lipinski definition) is 3. The van der Waals surface area contributed by atoms with Crippen molar-refractivity contribution in [3.8, 4) is 5.75 Å². The van der Waals surface area contributed by atoms with E-state index in [0.29, 0.717) is 12.0 Å². The highest BCUT2D eigenvalue weighted by atomic mass is 35.5. The average molecular weight is 245 g/mol. The van der Waals surface area contributed by atoms with E-state index in [4.69, 9.17) is 16.7 Å². The van der Waals surface area contributed by atoms with Gasteiger partial charge in [-0.3, -0.25) is 0 Å². The van der Waals surface area contributed by atoms with Crippen LogP contribution in [0.25, 0.3) is 0 Å². The van der Waals surface area contributed by atoms with Crippen LogP contribution in [0.1, 0.15) is 22.3 Å². The van der Waals surface area contributed by atoms with Crippen LogP contribution in [0.2, 0.25) is 5.02 Å². The lowest BCUT2D eigenvalue weighted by Crippen LogP contribution is -2.08. The summed E-state index contributed by atoms with van der Waals surface area (Å²) in [5, 5.41) is 18.7. The fourth-order valence-electron chi connectivity index (χ4n) is 1.69. The Morgan fingerprint density at radius 2 is 2.27 bits per heavy atom. The number of phenols is 1. The predicted molar refractivity (Wildman–Crippen MR) is 59.1 cm³/mol. The molecule has 0 atom stereocenters. The molecule has 15 heavy (non-hydrogen) atoms. The number of halogens is 1. The van der Waals surface area contributed by atoms with Gasteiger partial charge in [0.1, 0.15) is 11.3 Å².